The van der Waals surface area contributed by atoms with Crippen LogP contribution in [0.1, 0.15) is 10.4 Å². The highest BCUT2D eigenvalue weighted by molar-refractivity contribution is 7.99. The van der Waals surface area contributed by atoms with Crippen LogP contribution in [0, 0.1) is 0 Å². The highest BCUT2D eigenvalue weighted by Gasteiger charge is 2.29. The van der Waals surface area contributed by atoms with Crippen molar-refractivity contribution in [3.63, 3.8) is 0 Å². The van der Waals surface area contributed by atoms with Crippen LogP contribution in [-0.4, -0.2) is 20.0 Å². The van der Waals surface area contributed by atoms with Crippen molar-refractivity contribution in [2.24, 2.45) is 0 Å². The summed E-state index contributed by atoms with van der Waals surface area (Å²) in [5.41, 5.74) is 3.49. The molecule has 3 nitrogen and oxygen atoms in total. The first-order chi connectivity index (χ1) is 12.2. The van der Waals surface area contributed by atoms with Crippen LogP contribution in [0.4, 0.5) is 17.1 Å². The highest BCUT2D eigenvalue weighted by atomic mass is 32.2. The summed E-state index contributed by atoms with van der Waals surface area (Å²) in [4.78, 5) is 19.5. The van der Waals surface area contributed by atoms with Crippen LogP contribution < -0.4 is 9.80 Å². The fourth-order valence-electron chi connectivity index (χ4n) is 3.09. The van der Waals surface area contributed by atoms with Gasteiger partial charge in [0.2, 0.25) is 0 Å². The Morgan fingerprint density at radius 3 is 1.92 bits per heavy atom. The van der Waals surface area contributed by atoms with Crippen molar-refractivity contribution in [1.29, 1.82) is 0 Å². The predicted octanol–water partition coefficient (Wildman–Crippen LogP) is 5.20. The molecule has 25 heavy (non-hydrogen) atoms. The van der Waals surface area contributed by atoms with E-state index in [0.29, 0.717) is 5.56 Å². The van der Waals surface area contributed by atoms with Gasteiger partial charge >= 0.3 is 0 Å². The lowest BCUT2D eigenvalue weighted by molar-refractivity contribution is 0.0999. The van der Waals surface area contributed by atoms with E-state index in [-0.39, 0.29) is 5.91 Å². The Kier molecular flexibility index (Phi) is 3.98. The highest BCUT2D eigenvalue weighted by Crippen LogP contribution is 2.48. The molecule has 0 aliphatic carbocycles. The third-order valence-electron chi connectivity index (χ3n) is 4.25. The van der Waals surface area contributed by atoms with E-state index in [1.807, 2.05) is 84.6 Å². The molecule has 0 atom stereocenters. The third kappa shape index (κ3) is 2.68. The molecule has 3 aromatic rings. The van der Waals surface area contributed by atoms with Gasteiger partial charge in [0.1, 0.15) is 0 Å². The van der Waals surface area contributed by atoms with E-state index < -0.39 is 0 Å². The first kappa shape index (κ1) is 15.8. The summed E-state index contributed by atoms with van der Waals surface area (Å²) in [5.74, 6) is -0.00972. The fourth-order valence-corrected chi connectivity index (χ4v) is 4.15. The molecule has 0 unspecified atom stereocenters. The number of fused-ring (bicyclic) bond motifs is 2. The van der Waals surface area contributed by atoms with Gasteiger partial charge in [-0.15, -0.1) is 0 Å². The second kappa shape index (κ2) is 6.30. The first-order valence-corrected chi connectivity index (χ1v) is 8.95. The van der Waals surface area contributed by atoms with Gasteiger partial charge in [0, 0.05) is 29.6 Å². The average Bonchev–Trinajstić information content (AvgIpc) is 2.65. The monoisotopic (exact) mass is 346 g/mol. The molecule has 124 valence electrons. The van der Waals surface area contributed by atoms with Crippen LogP contribution in [-0.2, 0) is 0 Å². The van der Waals surface area contributed by atoms with Crippen molar-refractivity contribution in [2.75, 3.05) is 23.9 Å². The molecule has 1 amide bonds. The van der Waals surface area contributed by atoms with Gasteiger partial charge in [0.05, 0.1) is 16.9 Å². The molecule has 4 rings (SSSR count). The molecule has 0 bridgehead atoms. The van der Waals surface area contributed by atoms with E-state index in [1.54, 1.807) is 11.8 Å². The number of benzene rings is 3. The number of hydrogen-bond donors (Lipinski definition) is 0. The van der Waals surface area contributed by atoms with Crippen LogP contribution in [0.15, 0.2) is 82.6 Å². The summed E-state index contributed by atoms with van der Waals surface area (Å²) in [5, 5.41) is 0. The van der Waals surface area contributed by atoms with Gasteiger partial charge in [-0.2, -0.15) is 0 Å². The van der Waals surface area contributed by atoms with Gasteiger partial charge in [0.15, 0.2) is 0 Å². The number of carbonyl (C=O) groups excluding carboxylic acids is 1. The Balaban J connectivity index is 1.90. The van der Waals surface area contributed by atoms with E-state index in [0.717, 1.165) is 26.9 Å². The second-order valence-electron chi connectivity index (χ2n) is 6.09. The Morgan fingerprint density at radius 2 is 1.32 bits per heavy atom. The van der Waals surface area contributed by atoms with E-state index in [2.05, 4.69) is 12.1 Å². The van der Waals surface area contributed by atoms with Crippen LogP contribution in [0.25, 0.3) is 0 Å². The fraction of sp³-hybridized carbons (Fsp3) is 0.0952. The molecule has 0 fully saturated rings. The maximum Gasteiger partial charge on any atom is 0.265 e. The molecular formula is C21H18N2OS. The topological polar surface area (TPSA) is 23.6 Å². The Labute approximate surface area is 151 Å². The van der Waals surface area contributed by atoms with Gasteiger partial charge in [0.25, 0.3) is 5.91 Å². The molecule has 4 heteroatoms. The Hall–Kier alpha value is -2.72. The van der Waals surface area contributed by atoms with Crippen molar-refractivity contribution < 1.29 is 4.79 Å². The largest absolute Gasteiger partial charge is 0.377 e. The lowest BCUT2D eigenvalue weighted by Crippen LogP contribution is -2.29. The summed E-state index contributed by atoms with van der Waals surface area (Å²) in [6.45, 7) is 0. The SMILES string of the molecule is CN(C)c1ccccc1C(=O)N1c2ccccc2Sc2ccccc21. The summed E-state index contributed by atoms with van der Waals surface area (Å²) in [6, 6.07) is 23.9. The maximum atomic E-state index is 13.5. The van der Waals surface area contributed by atoms with Crippen molar-refractivity contribution in [2.45, 2.75) is 9.79 Å². The smallest absolute Gasteiger partial charge is 0.265 e. The van der Waals surface area contributed by atoms with E-state index >= 15 is 0 Å². The van der Waals surface area contributed by atoms with Crippen LogP contribution in [0.5, 0.6) is 0 Å². The Bertz CT molecular complexity index is 906. The van der Waals surface area contributed by atoms with E-state index in [4.69, 9.17) is 0 Å². The molecule has 1 aliphatic rings. The lowest BCUT2D eigenvalue weighted by Gasteiger charge is -2.32. The normalized spacial score (nSPS) is 12.3. The lowest BCUT2D eigenvalue weighted by atomic mass is 10.1. The van der Waals surface area contributed by atoms with E-state index in [9.17, 15) is 4.79 Å². The molecule has 0 aromatic heterocycles. The number of carbonyl (C=O) groups is 1. The van der Waals surface area contributed by atoms with Crippen LogP contribution in [0.3, 0.4) is 0 Å². The summed E-state index contributed by atoms with van der Waals surface area (Å²) < 4.78 is 0. The summed E-state index contributed by atoms with van der Waals surface area (Å²) in [6.07, 6.45) is 0. The molecule has 3 aromatic carbocycles. The van der Waals surface area contributed by atoms with Gasteiger partial charge in [-0.05, 0) is 36.4 Å². The van der Waals surface area contributed by atoms with Gasteiger partial charge < -0.3 is 4.90 Å². The molecule has 1 aliphatic heterocycles. The molecule has 1 heterocycles. The van der Waals surface area contributed by atoms with Gasteiger partial charge in [-0.1, -0.05) is 48.2 Å². The van der Waals surface area contributed by atoms with Crippen molar-refractivity contribution in [1.82, 2.24) is 0 Å². The number of hydrogen-bond acceptors (Lipinski definition) is 3. The molecular weight excluding hydrogens is 328 g/mol. The average molecular weight is 346 g/mol. The summed E-state index contributed by atoms with van der Waals surface area (Å²) >= 11 is 1.71. The molecule has 0 saturated heterocycles. The number of para-hydroxylation sites is 3. The minimum atomic E-state index is -0.00972. The quantitative estimate of drug-likeness (QED) is 0.637. The molecule has 0 radical (unpaired) electrons. The maximum absolute atomic E-state index is 13.5. The number of anilines is 3. The Morgan fingerprint density at radius 1 is 0.800 bits per heavy atom. The zero-order valence-electron chi connectivity index (χ0n) is 14.1. The van der Waals surface area contributed by atoms with Gasteiger partial charge in [-0.25, -0.2) is 0 Å². The van der Waals surface area contributed by atoms with E-state index in [1.165, 1.54) is 0 Å². The third-order valence-corrected chi connectivity index (χ3v) is 5.38. The van der Waals surface area contributed by atoms with Crippen LogP contribution >= 0.6 is 11.8 Å². The predicted molar refractivity (Wildman–Crippen MR) is 104 cm³/mol. The number of nitrogens with zero attached hydrogens (tertiary/aromatic N) is 2. The second-order valence-corrected chi connectivity index (χ2v) is 7.17. The number of amides is 1. The van der Waals surface area contributed by atoms with Gasteiger partial charge in [-0.3, -0.25) is 9.69 Å². The van der Waals surface area contributed by atoms with Crippen molar-refractivity contribution in [3.8, 4) is 0 Å². The zero-order chi connectivity index (χ0) is 17.4. The van der Waals surface area contributed by atoms with Crippen molar-refractivity contribution in [3.05, 3.63) is 78.4 Å². The standard InChI is InChI=1S/C21H18N2OS/c1-22(2)16-10-4-3-9-15(16)21(24)23-17-11-5-7-13-19(17)25-20-14-8-6-12-18(20)23/h3-14H,1-2H3. The minimum Gasteiger partial charge on any atom is -0.377 e. The first-order valence-electron chi connectivity index (χ1n) is 8.13. The molecule has 0 saturated carbocycles. The minimum absolute atomic E-state index is 0.00972. The zero-order valence-corrected chi connectivity index (χ0v) is 15.0. The van der Waals surface area contributed by atoms with Crippen LogP contribution in [0.2, 0.25) is 0 Å². The molecule has 0 N–H and O–H groups in total. The van der Waals surface area contributed by atoms with Crippen molar-refractivity contribution >= 4 is 34.7 Å². The molecule has 0 spiro atoms. The summed E-state index contributed by atoms with van der Waals surface area (Å²) in [7, 11) is 3.92. The number of rotatable bonds is 2.